The number of aliphatic hydroxyl groups is 2. The molecule has 13 heteroatoms. The maximum Gasteiger partial charge on any atom is 0.244 e. The molecule has 1 heterocycles. The van der Waals surface area contributed by atoms with Crippen LogP contribution >= 0.6 is 0 Å². The van der Waals surface area contributed by atoms with Gasteiger partial charge in [-0.2, -0.15) is 0 Å². The summed E-state index contributed by atoms with van der Waals surface area (Å²) in [5, 5.41) is 29.0. The number of carbonyl (C=O) groups excluding carboxylic acids is 5. The van der Waals surface area contributed by atoms with Gasteiger partial charge in [0.2, 0.25) is 23.6 Å². The molecule has 2 aromatic rings. The molecule has 3 rings (SSSR count). The first-order valence-electron chi connectivity index (χ1n) is 18.5. The third kappa shape index (κ3) is 13.0. The van der Waals surface area contributed by atoms with Gasteiger partial charge in [0.25, 0.3) is 0 Å². The number of hydrogen-bond donors (Lipinski definition) is 6. The molecule has 1 unspecified atom stereocenters. The number of morpholine rings is 1. The number of nitrogens with two attached hydrogens (primary N) is 1. The minimum absolute atomic E-state index is 0.0384. The van der Waals surface area contributed by atoms with E-state index in [1.807, 2.05) is 62.9 Å². The van der Waals surface area contributed by atoms with Crippen LogP contribution < -0.4 is 21.7 Å². The van der Waals surface area contributed by atoms with E-state index in [0.29, 0.717) is 38.3 Å². The first-order valence-corrected chi connectivity index (χ1v) is 18.5. The van der Waals surface area contributed by atoms with Crippen molar-refractivity contribution in [1.82, 2.24) is 20.9 Å². The zero-order chi connectivity index (χ0) is 39.2. The molecule has 13 nitrogen and oxygen atoms in total. The normalized spacial score (nSPS) is 17.5. The van der Waals surface area contributed by atoms with Crippen molar-refractivity contribution < 1.29 is 38.9 Å². The number of ether oxygens (including phenoxy) is 1. The highest BCUT2D eigenvalue weighted by Crippen LogP contribution is 2.31. The lowest BCUT2D eigenvalue weighted by molar-refractivity contribution is -0.147. The molecule has 0 saturated carbocycles. The van der Waals surface area contributed by atoms with Gasteiger partial charge in [-0.25, -0.2) is 0 Å². The lowest BCUT2D eigenvalue weighted by atomic mass is 9.73. The Labute approximate surface area is 313 Å². The molecule has 1 aliphatic heterocycles. The minimum atomic E-state index is -2.14. The van der Waals surface area contributed by atoms with E-state index in [1.54, 1.807) is 30.3 Å². The van der Waals surface area contributed by atoms with Crippen LogP contribution in [0.5, 0.6) is 0 Å². The summed E-state index contributed by atoms with van der Waals surface area (Å²) in [7, 11) is 0. The quantitative estimate of drug-likeness (QED) is 0.110. The molecule has 1 aliphatic rings. The second kappa shape index (κ2) is 20.3. The lowest BCUT2D eigenvalue weighted by Crippen LogP contribution is -2.69. The third-order valence-electron chi connectivity index (χ3n) is 9.58. The smallest absolute Gasteiger partial charge is 0.244 e. The Hall–Kier alpha value is -4.17. The Balaban J connectivity index is 2.07. The average molecular weight is 738 g/mol. The number of carbonyl (C=O) groups is 5. The van der Waals surface area contributed by atoms with Crippen molar-refractivity contribution in [2.75, 3.05) is 39.5 Å². The summed E-state index contributed by atoms with van der Waals surface area (Å²) in [6.45, 7) is 9.84. The van der Waals surface area contributed by atoms with Crippen molar-refractivity contribution in [3.8, 4) is 0 Å². The standard InChI is InChI=1S/C40H59N5O8/c1-27(2)22-33(35(48)39(5,52)26-46)43-36(49)31(23-30-14-10-7-11-15-30)40(38(41)51,24-28(3)4)44-37(50)32(17-16-29-12-8-6-9-13-29)42-34(47)25-45-18-20-53-21-19-45/h6-15,27-28,31-33,46,52H,16-26H2,1-5H3,(H2,41,51)(H,42,47)(H,43,49)(H,44,50)/t31-,32+,33+,39-,40?/m1/s1. The van der Waals surface area contributed by atoms with Crippen LogP contribution in [0.15, 0.2) is 60.7 Å². The molecule has 0 aromatic heterocycles. The highest BCUT2D eigenvalue weighted by atomic mass is 16.5. The Morgan fingerprint density at radius 3 is 1.96 bits per heavy atom. The highest BCUT2D eigenvalue weighted by Gasteiger charge is 2.51. The monoisotopic (exact) mass is 737 g/mol. The van der Waals surface area contributed by atoms with Gasteiger partial charge in [0.05, 0.1) is 38.3 Å². The van der Waals surface area contributed by atoms with Gasteiger partial charge in [0.1, 0.15) is 17.2 Å². The molecule has 2 aromatic carbocycles. The number of Topliss-reactive ketones (excluding diaryl/α,β-unsaturated/α-hetero) is 1. The van der Waals surface area contributed by atoms with Crippen LogP contribution in [0.25, 0.3) is 0 Å². The minimum Gasteiger partial charge on any atom is -0.393 e. The van der Waals surface area contributed by atoms with Crippen molar-refractivity contribution in [2.45, 2.75) is 89.9 Å². The predicted molar refractivity (Wildman–Crippen MR) is 201 cm³/mol. The topological polar surface area (TPSA) is 200 Å². The van der Waals surface area contributed by atoms with Crippen LogP contribution in [0.4, 0.5) is 0 Å². The lowest BCUT2D eigenvalue weighted by Gasteiger charge is -2.41. The van der Waals surface area contributed by atoms with E-state index in [1.165, 1.54) is 6.92 Å². The summed E-state index contributed by atoms with van der Waals surface area (Å²) in [5.41, 5.74) is 3.73. The van der Waals surface area contributed by atoms with Crippen molar-refractivity contribution in [2.24, 2.45) is 23.5 Å². The third-order valence-corrected chi connectivity index (χ3v) is 9.58. The van der Waals surface area contributed by atoms with Crippen LogP contribution in [0.3, 0.4) is 0 Å². The number of benzene rings is 2. The maximum atomic E-state index is 14.6. The summed E-state index contributed by atoms with van der Waals surface area (Å²) in [4.78, 5) is 71.8. The number of primary amides is 1. The maximum absolute atomic E-state index is 14.6. The summed E-state index contributed by atoms with van der Waals surface area (Å²) in [5.74, 6) is -5.22. The number of hydrogen-bond acceptors (Lipinski definition) is 9. The van der Waals surface area contributed by atoms with Crippen molar-refractivity contribution in [1.29, 1.82) is 0 Å². The first kappa shape index (κ1) is 43.2. The Kier molecular flexibility index (Phi) is 16.6. The van der Waals surface area contributed by atoms with Crippen molar-refractivity contribution in [3.05, 3.63) is 71.8 Å². The number of aliphatic hydroxyl groups excluding tert-OH is 1. The molecule has 0 aliphatic carbocycles. The highest BCUT2D eigenvalue weighted by molar-refractivity contribution is 6.00. The van der Waals surface area contributed by atoms with E-state index >= 15 is 0 Å². The van der Waals surface area contributed by atoms with Gasteiger partial charge < -0.3 is 36.6 Å². The van der Waals surface area contributed by atoms with Crippen LogP contribution in [-0.2, 0) is 41.6 Å². The van der Waals surface area contributed by atoms with Gasteiger partial charge in [-0.05, 0) is 62.0 Å². The van der Waals surface area contributed by atoms with Crippen molar-refractivity contribution >= 4 is 29.4 Å². The molecule has 1 saturated heterocycles. The molecule has 7 N–H and O–H groups in total. The fourth-order valence-electron chi connectivity index (χ4n) is 6.76. The fraction of sp³-hybridized carbons (Fsp3) is 0.575. The molecule has 4 amide bonds. The van der Waals surface area contributed by atoms with E-state index in [-0.39, 0.29) is 50.0 Å². The summed E-state index contributed by atoms with van der Waals surface area (Å²) in [6, 6.07) is 16.1. The summed E-state index contributed by atoms with van der Waals surface area (Å²) in [6.07, 6.45) is 0.679. The molecule has 0 bridgehead atoms. The number of ketones is 1. The predicted octanol–water partition coefficient (Wildman–Crippen LogP) is 1.52. The summed E-state index contributed by atoms with van der Waals surface area (Å²) >= 11 is 0. The zero-order valence-electron chi connectivity index (χ0n) is 31.8. The number of nitrogens with zero attached hydrogens (tertiary/aromatic N) is 1. The van der Waals surface area contributed by atoms with Crippen molar-refractivity contribution in [3.63, 3.8) is 0 Å². The van der Waals surface area contributed by atoms with Gasteiger partial charge >= 0.3 is 0 Å². The van der Waals surface area contributed by atoms with Crippen LogP contribution in [0.1, 0.15) is 65.0 Å². The molecule has 0 radical (unpaired) electrons. The molecule has 53 heavy (non-hydrogen) atoms. The van der Waals surface area contributed by atoms with Gasteiger partial charge in [-0.1, -0.05) is 88.4 Å². The van der Waals surface area contributed by atoms with E-state index in [0.717, 1.165) is 5.56 Å². The number of aryl methyl sites for hydroxylation is 1. The molecule has 1 fully saturated rings. The van der Waals surface area contributed by atoms with Gasteiger partial charge in [-0.3, -0.25) is 28.9 Å². The van der Waals surface area contributed by atoms with E-state index in [4.69, 9.17) is 10.5 Å². The van der Waals surface area contributed by atoms with E-state index < -0.39 is 59.3 Å². The number of rotatable bonds is 21. The van der Waals surface area contributed by atoms with Crippen LogP contribution in [-0.4, -0.2) is 107 Å². The number of amides is 4. The zero-order valence-corrected chi connectivity index (χ0v) is 31.8. The fourth-order valence-corrected chi connectivity index (χ4v) is 6.76. The second-order valence-corrected chi connectivity index (χ2v) is 15.2. The van der Waals surface area contributed by atoms with E-state index in [2.05, 4.69) is 16.0 Å². The number of nitrogens with one attached hydrogen (secondary N) is 3. The summed E-state index contributed by atoms with van der Waals surface area (Å²) < 4.78 is 5.40. The van der Waals surface area contributed by atoms with E-state index in [9.17, 15) is 34.2 Å². The molecule has 5 atom stereocenters. The van der Waals surface area contributed by atoms with Crippen LogP contribution in [0.2, 0.25) is 0 Å². The molecule has 0 spiro atoms. The second-order valence-electron chi connectivity index (χ2n) is 15.2. The van der Waals surface area contributed by atoms with Gasteiger partial charge in [0.15, 0.2) is 5.78 Å². The van der Waals surface area contributed by atoms with Crippen LogP contribution in [0, 0.1) is 17.8 Å². The Bertz CT molecular complexity index is 1500. The van der Waals surface area contributed by atoms with Gasteiger partial charge in [-0.15, -0.1) is 0 Å². The SMILES string of the molecule is CC(C)C[C@H](NC(=O)[C@@H](Cc1ccccc1)C(CC(C)C)(NC(=O)[C@H](CCc1ccccc1)NC(=O)CN1CCOCC1)C(N)=O)C(=O)[C@](C)(O)CO. The average Bonchev–Trinajstić information content (AvgIpc) is 3.12. The molecule has 292 valence electrons. The molecular weight excluding hydrogens is 678 g/mol. The Morgan fingerprint density at radius 2 is 1.43 bits per heavy atom. The molecular formula is C40H59N5O8. The Morgan fingerprint density at radius 1 is 0.849 bits per heavy atom. The first-order chi connectivity index (χ1) is 25.1. The van der Waals surface area contributed by atoms with Gasteiger partial charge in [0, 0.05) is 13.1 Å². The largest absolute Gasteiger partial charge is 0.393 e.